The van der Waals surface area contributed by atoms with Gasteiger partial charge in [0.05, 0.1) is 26.6 Å². The zero-order valence-corrected chi connectivity index (χ0v) is 20.4. The fourth-order valence-electron chi connectivity index (χ4n) is 5.57. The van der Waals surface area contributed by atoms with Gasteiger partial charge in [0, 0.05) is 32.7 Å². The zero-order valence-electron chi connectivity index (χ0n) is 18.9. The molecule has 7 heteroatoms. The van der Waals surface area contributed by atoms with Crippen molar-refractivity contribution in [1.29, 1.82) is 5.26 Å². The Morgan fingerprint density at radius 1 is 0.912 bits per heavy atom. The van der Waals surface area contributed by atoms with Gasteiger partial charge in [0.15, 0.2) is 5.65 Å². The van der Waals surface area contributed by atoms with Crippen LogP contribution in [-0.4, -0.2) is 40.5 Å². The summed E-state index contributed by atoms with van der Waals surface area (Å²) in [6.07, 6.45) is 4.28. The monoisotopic (exact) mass is 489 g/mol. The molecule has 5 nitrogen and oxygen atoms in total. The first kappa shape index (κ1) is 21.7. The quantitative estimate of drug-likeness (QED) is 0.361. The predicted octanol–water partition coefficient (Wildman–Crippen LogP) is 5.87. The van der Waals surface area contributed by atoms with E-state index >= 15 is 0 Å². The number of piperazine rings is 1. The van der Waals surface area contributed by atoms with Crippen molar-refractivity contribution < 1.29 is 0 Å². The summed E-state index contributed by atoms with van der Waals surface area (Å²) >= 11 is 12.3. The minimum Gasteiger partial charge on any atom is -0.355 e. The van der Waals surface area contributed by atoms with Crippen molar-refractivity contribution in [3.05, 3.63) is 74.8 Å². The van der Waals surface area contributed by atoms with Crippen LogP contribution in [0.5, 0.6) is 0 Å². The first-order valence-corrected chi connectivity index (χ1v) is 12.7. The molecular weight excluding hydrogens is 465 g/mol. The topological polar surface area (TPSA) is 47.6 Å². The molecule has 0 bridgehead atoms. The molecule has 1 saturated heterocycles. The van der Waals surface area contributed by atoms with Crippen molar-refractivity contribution in [2.24, 2.45) is 0 Å². The first-order valence-electron chi connectivity index (χ1n) is 11.9. The van der Waals surface area contributed by atoms with E-state index in [1.54, 1.807) is 0 Å². The number of para-hydroxylation sites is 2. The third-order valence-corrected chi connectivity index (χ3v) is 7.95. The molecule has 1 fully saturated rings. The number of nitriles is 1. The molecule has 172 valence electrons. The van der Waals surface area contributed by atoms with Crippen LogP contribution in [0.1, 0.15) is 35.1 Å². The molecule has 3 heterocycles. The second-order valence-corrected chi connectivity index (χ2v) is 10.1. The van der Waals surface area contributed by atoms with E-state index < -0.39 is 0 Å². The molecule has 0 N–H and O–H groups in total. The van der Waals surface area contributed by atoms with Crippen LogP contribution in [0.25, 0.3) is 16.7 Å². The van der Waals surface area contributed by atoms with Crippen molar-refractivity contribution >= 4 is 45.7 Å². The first-order chi connectivity index (χ1) is 16.6. The lowest BCUT2D eigenvalue weighted by atomic mass is 9.88. The number of rotatable bonds is 3. The molecule has 1 aliphatic carbocycles. The normalized spacial score (nSPS) is 16.7. The summed E-state index contributed by atoms with van der Waals surface area (Å²) in [4.78, 5) is 9.90. The smallest absolute Gasteiger partial charge is 0.157 e. The molecule has 0 atom stereocenters. The van der Waals surface area contributed by atoms with Gasteiger partial charge in [-0.2, -0.15) is 5.26 Å². The van der Waals surface area contributed by atoms with E-state index in [0.717, 1.165) is 74.2 Å². The average Bonchev–Trinajstić information content (AvgIpc) is 3.24. The number of nitrogens with zero attached hydrogens (tertiary/aromatic N) is 5. The highest BCUT2D eigenvalue weighted by atomic mass is 35.5. The van der Waals surface area contributed by atoms with Gasteiger partial charge in [-0.15, -0.1) is 0 Å². The summed E-state index contributed by atoms with van der Waals surface area (Å²) in [5.41, 5.74) is 7.32. The molecule has 4 aromatic rings. The van der Waals surface area contributed by atoms with Gasteiger partial charge >= 0.3 is 0 Å². The Hall–Kier alpha value is -2.78. The van der Waals surface area contributed by atoms with Crippen LogP contribution in [0.15, 0.2) is 42.5 Å². The minimum atomic E-state index is 0.595. The van der Waals surface area contributed by atoms with E-state index in [-0.39, 0.29) is 0 Å². The second kappa shape index (κ2) is 8.78. The van der Waals surface area contributed by atoms with Crippen molar-refractivity contribution in [2.75, 3.05) is 31.1 Å². The average molecular weight is 490 g/mol. The third kappa shape index (κ3) is 3.62. The number of benzene rings is 2. The maximum absolute atomic E-state index is 10.1. The second-order valence-electron chi connectivity index (χ2n) is 9.25. The Bertz CT molecular complexity index is 1440. The van der Waals surface area contributed by atoms with Crippen LogP contribution >= 0.6 is 23.2 Å². The lowest BCUT2D eigenvalue weighted by Crippen LogP contribution is -2.47. The number of hydrogen-bond acceptors (Lipinski definition) is 4. The number of aromatic nitrogens is 2. The van der Waals surface area contributed by atoms with Crippen LogP contribution in [0.4, 0.5) is 5.82 Å². The standard InChI is InChI=1S/C27H25Cl2N5/c28-22-10-9-18(15-23(22)29)17-32-11-13-33(14-12-32)27-20-6-2-1-5-19(20)21(16-30)26-31-24-7-3-4-8-25(24)34(26)27/h3-4,7-10,15H,1-2,5-6,11-14,17H2. The molecule has 2 aromatic heterocycles. The van der Waals surface area contributed by atoms with Crippen molar-refractivity contribution in [3.8, 4) is 6.07 Å². The molecule has 2 aliphatic rings. The number of halogens is 2. The van der Waals surface area contributed by atoms with Crippen LogP contribution < -0.4 is 4.90 Å². The number of pyridine rings is 1. The lowest BCUT2D eigenvalue weighted by molar-refractivity contribution is 0.249. The maximum atomic E-state index is 10.1. The maximum Gasteiger partial charge on any atom is 0.157 e. The summed E-state index contributed by atoms with van der Waals surface area (Å²) in [6.45, 7) is 4.65. The highest BCUT2D eigenvalue weighted by Crippen LogP contribution is 2.37. The van der Waals surface area contributed by atoms with Crippen LogP contribution in [0.2, 0.25) is 10.0 Å². The van der Waals surface area contributed by atoms with Crippen molar-refractivity contribution in [3.63, 3.8) is 0 Å². The van der Waals surface area contributed by atoms with Gasteiger partial charge in [0.25, 0.3) is 0 Å². The van der Waals surface area contributed by atoms with E-state index in [1.165, 1.54) is 28.9 Å². The lowest BCUT2D eigenvalue weighted by Gasteiger charge is -2.38. The van der Waals surface area contributed by atoms with E-state index in [9.17, 15) is 5.26 Å². The Morgan fingerprint density at radius 2 is 1.68 bits per heavy atom. The summed E-state index contributed by atoms with van der Waals surface area (Å²) < 4.78 is 2.26. The number of anilines is 1. The molecule has 2 aromatic carbocycles. The Kier molecular flexibility index (Phi) is 5.61. The summed E-state index contributed by atoms with van der Waals surface area (Å²) in [6, 6.07) is 16.6. The summed E-state index contributed by atoms with van der Waals surface area (Å²) in [7, 11) is 0. The number of hydrogen-bond donors (Lipinski definition) is 0. The van der Waals surface area contributed by atoms with Crippen LogP contribution in [-0.2, 0) is 19.4 Å². The van der Waals surface area contributed by atoms with Gasteiger partial charge in [0.2, 0.25) is 0 Å². The SMILES string of the molecule is N#Cc1c2c(c(N3CCN(Cc4ccc(Cl)c(Cl)c4)CC3)n3c1nc1ccccc13)CCCC2. The van der Waals surface area contributed by atoms with Crippen LogP contribution in [0, 0.1) is 11.3 Å². The molecule has 34 heavy (non-hydrogen) atoms. The highest BCUT2D eigenvalue weighted by Gasteiger charge is 2.29. The predicted molar refractivity (Wildman–Crippen MR) is 138 cm³/mol. The fraction of sp³-hybridized carbons (Fsp3) is 0.333. The molecule has 0 spiro atoms. The molecule has 0 unspecified atom stereocenters. The Labute approximate surface area is 209 Å². The molecule has 0 amide bonds. The molecule has 6 rings (SSSR count). The van der Waals surface area contributed by atoms with E-state index in [4.69, 9.17) is 28.2 Å². The summed E-state index contributed by atoms with van der Waals surface area (Å²) in [5, 5.41) is 11.3. The molecule has 1 aliphatic heterocycles. The number of imidazole rings is 1. The molecule has 0 radical (unpaired) electrons. The van der Waals surface area contributed by atoms with Crippen LogP contribution in [0.3, 0.4) is 0 Å². The van der Waals surface area contributed by atoms with Gasteiger partial charge in [-0.05, 0) is 66.6 Å². The zero-order chi connectivity index (χ0) is 23.2. The third-order valence-electron chi connectivity index (χ3n) is 7.21. The number of fused-ring (bicyclic) bond motifs is 4. The molecule has 0 saturated carbocycles. The van der Waals surface area contributed by atoms with Crippen molar-refractivity contribution in [2.45, 2.75) is 32.2 Å². The van der Waals surface area contributed by atoms with Gasteiger partial charge in [-0.3, -0.25) is 9.30 Å². The largest absolute Gasteiger partial charge is 0.355 e. The van der Waals surface area contributed by atoms with Gasteiger partial charge in [-0.25, -0.2) is 4.98 Å². The van der Waals surface area contributed by atoms with Gasteiger partial charge in [-0.1, -0.05) is 41.4 Å². The summed E-state index contributed by atoms with van der Waals surface area (Å²) in [5.74, 6) is 1.24. The Balaban J connectivity index is 1.38. The van der Waals surface area contributed by atoms with E-state index in [0.29, 0.717) is 10.0 Å². The fourth-order valence-corrected chi connectivity index (χ4v) is 5.89. The Morgan fingerprint density at radius 3 is 2.44 bits per heavy atom. The van der Waals surface area contributed by atoms with Gasteiger partial charge < -0.3 is 4.90 Å². The molecular formula is C27H25Cl2N5. The van der Waals surface area contributed by atoms with Gasteiger partial charge in [0.1, 0.15) is 11.9 Å². The van der Waals surface area contributed by atoms with E-state index in [1.807, 2.05) is 24.3 Å². The van der Waals surface area contributed by atoms with E-state index in [2.05, 4.69) is 38.5 Å². The minimum absolute atomic E-state index is 0.595. The van der Waals surface area contributed by atoms with Crippen molar-refractivity contribution in [1.82, 2.24) is 14.3 Å². The highest BCUT2D eigenvalue weighted by molar-refractivity contribution is 6.42.